The molecule has 0 saturated carbocycles. The number of carbonyl (C=O) groups is 1. The van der Waals surface area contributed by atoms with Gasteiger partial charge in [0.2, 0.25) is 0 Å². The van der Waals surface area contributed by atoms with Gasteiger partial charge in [0.1, 0.15) is 5.75 Å². The Labute approximate surface area is 112 Å². The molecule has 0 aliphatic carbocycles. The zero-order chi connectivity index (χ0) is 13.4. The van der Waals surface area contributed by atoms with Crippen molar-refractivity contribution in [2.75, 3.05) is 7.11 Å². The highest BCUT2D eigenvalue weighted by Crippen LogP contribution is 2.43. The van der Waals surface area contributed by atoms with E-state index in [9.17, 15) is 9.90 Å². The summed E-state index contributed by atoms with van der Waals surface area (Å²) in [6.45, 7) is 0. The number of methoxy groups -OCH3 is 1. The van der Waals surface area contributed by atoms with E-state index in [1.54, 1.807) is 12.1 Å². The standard InChI is InChI=1S/C15H19NO3/c1-19-15(18)12-8-10-5-6-13(16-10)14(12)9-3-2-4-11(17)7-9/h2-4,7,10,12-14,16-17H,5-6,8H2,1H3/t10-,12+,13+,14+/m1/s1. The number of nitrogens with one attached hydrogen (secondary N) is 1. The number of hydrogen-bond donors (Lipinski definition) is 2. The van der Waals surface area contributed by atoms with Crippen molar-refractivity contribution in [3.8, 4) is 5.75 Å². The number of hydrogen-bond acceptors (Lipinski definition) is 4. The maximum Gasteiger partial charge on any atom is 0.309 e. The van der Waals surface area contributed by atoms with E-state index < -0.39 is 0 Å². The van der Waals surface area contributed by atoms with Gasteiger partial charge < -0.3 is 15.2 Å². The Balaban J connectivity index is 1.96. The number of esters is 1. The van der Waals surface area contributed by atoms with Crippen LogP contribution in [0.15, 0.2) is 24.3 Å². The van der Waals surface area contributed by atoms with Crippen LogP contribution in [-0.4, -0.2) is 30.3 Å². The number of piperidine rings is 1. The summed E-state index contributed by atoms with van der Waals surface area (Å²) in [5.41, 5.74) is 1.02. The number of rotatable bonds is 2. The maximum atomic E-state index is 12.0. The zero-order valence-electron chi connectivity index (χ0n) is 11.0. The molecule has 4 nitrogen and oxygen atoms in total. The molecule has 2 heterocycles. The van der Waals surface area contributed by atoms with Crippen LogP contribution in [0.2, 0.25) is 0 Å². The third kappa shape index (κ3) is 2.21. The van der Waals surface area contributed by atoms with Gasteiger partial charge in [-0.25, -0.2) is 0 Å². The minimum Gasteiger partial charge on any atom is -0.508 e. The van der Waals surface area contributed by atoms with Crippen LogP contribution in [0.4, 0.5) is 0 Å². The van der Waals surface area contributed by atoms with E-state index >= 15 is 0 Å². The van der Waals surface area contributed by atoms with Gasteiger partial charge in [0.05, 0.1) is 13.0 Å². The summed E-state index contributed by atoms with van der Waals surface area (Å²) in [5, 5.41) is 13.2. The second-order valence-electron chi connectivity index (χ2n) is 5.53. The first-order chi connectivity index (χ1) is 9.19. The summed E-state index contributed by atoms with van der Waals surface area (Å²) in [6.07, 6.45) is 3.02. The Morgan fingerprint density at radius 1 is 1.42 bits per heavy atom. The van der Waals surface area contributed by atoms with Crippen LogP contribution in [0.25, 0.3) is 0 Å². The van der Waals surface area contributed by atoms with Crippen LogP contribution in [0.5, 0.6) is 5.75 Å². The molecule has 2 N–H and O–H groups in total. The normalized spacial score (nSPS) is 33.1. The number of ether oxygens (including phenoxy) is 1. The van der Waals surface area contributed by atoms with Gasteiger partial charge in [0, 0.05) is 18.0 Å². The molecule has 2 bridgehead atoms. The molecule has 19 heavy (non-hydrogen) atoms. The van der Waals surface area contributed by atoms with Crippen molar-refractivity contribution in [3.63, 3.8) is 0 Å². The minimum atomic E-state index is -0.133. The average Bonchev–Trinajstić information content (AvgIpc) is 2.79. The molecule has 2 aliphatic rings. The van der Waals surface area contributed by atoms with E-state index in [2.05, 4.69) is 5.32 Å². The third-order valence-electron chi connectivity index (χ3n) is 4.44. The first-order valence-electron chi connectivity index (χ1n) is 6.82. The molecular weight excluding hydrogens is 242 g/mol. The molecule has 2 fully saturated rings. The first kappa shape index (κ1) is 12.5. The molecule has 0 aromatic heterocycles. The van der Waals surface area contributed by atoms with Crippen molar-refractivity contribution in [2.24, 2.45) is 5.92 Å². The Kier molecular flexibility index (Phi) is 3.19. The van der Waals surface area contributed by atoms with E-state index in [0.29, 0.717) is 12.1 Å². The van der Waals surface area contributed by atoms with Crippen molar-refractivity contribution < 1.29 is 14.6 Å². The third-order valence-corrected chi connectivity index (χ3v) is 4.44. The molecule has 2 saturated heterocycles. The number of phenolic OH excluding ortho intramolecular Hbond substituents is 1. The fourth-order valence-corrected chi connectivity index (χ4v) is 3.64. The highest BCUT2D eigenvalue weighted by atomic mass is 16.5. The lowest BCUT2D eigenvalue weighted by atomic mass is 9.77. The molecule has 2 aliphatic heterocycles. The van der Waals surface area contributed by atoms with Gasteiger partial charge in [0.25, 0.3) is 0 Å². The van der Waals surface area contributed by atoms with Crippen molar-refractivity contribution in [2.45, 2.75) is 37.3 Å². The zero-order valence-corrected chi connectivity index (χ0v) is 11.0. The summed E-state index contributed by atoms with van der Waals surface area (Å²) < 4.78 is 4.97. The van der Waals surface area contributed by atoms with Gasteiger partial charge in [-0.1, -0.05) is 12.1 Å². The molecule has 3 rings (SSSR count). The van der Waals surface area contributed by atoms with Crippen LogP contribution in [-0.2, 0) is 9.53 Å². The number of benzene rings is 1. The van der Waals surface area contributed by atoms with E-state index in [1.807, 2.05) is 12.1 Å². The van der Waals surface area contributed by atoms with Crippen molar-refractivity contribution in [1.82, 2.24) is 5.32 Å². The molecule has 0 unspecified atom stereocenters. The summed E-state index contributed by atoms with van der Waals surface area (Å²) in [4.78, 5) is 12.0. The molecule has 4 heteroatoms. The lowest BCUT2D eigenvalue weighted by Crippen LogP contribution is -2.46. The second-order valence-corrected chi connectivity index (χ2v) is 5.53. The lowest BCUT2D eigenvalue weighted by molar-refractivity contribution is -0.147. The Bertz CT molecular complexity index is 488. The van der Waals surface area contributed by atoms with Gasteiger partial charge in [-0.2, -0.15) is 0 Å². The molecule has 0 amide bonds. The molecule has 0 spiro atoms. The first-order valence-corrected chi connectivity index (χ1v) is 6.82. The van der Waals surface area contributed by atoms with Crippen LogP contribution in [0, 0.1) is 5.92 Å². The monoisotopic (exact) mass is 261 g/mol. The van der Waals surface area contributed by atoms with E-state index in [0.717, 1.165) is 24.8 Å². The van der Waals surface area contributed by atoms with Crippen LogP contribution in [0.1, 0.15) is 30.7 Å². The van der Waals surface area contributed by atoms with E-state index in [4.69, 9.17) is 4.74 Å². The molecule has 1 aromatic rings. The number of fused-ring (bicyclic) bond motifs is 2. The SMILES string of the molecule is COC(=O)[C@H]1C[C@H]2CC[C@H](N2)[C@H]1c1cccc(O)c1. The van der Waals surface area contributed by atoms with Crippen LogP contribution < -0.4 is 5.32 Å². The maximum absolute atomic E-state index is 12.0. The van der Waals surface area contributed by atoms with E-state index in [1.165, 1.54) is 7.11 Å². The van der Waals surface area contributed by atoms with Crippen LogP contribution in [0.3, 0.4) is 0 Å². The Morgan fingerprint density at radius 2 is 2.26 bits per heavy atom. The van der Waals surface area contributed by atoms with Gasteiger partial charge >= 0.3 is 5.97 Å². The summed E-state index contributed by atoms with van der Waals surface area (Å²) in [6, 6.07) is 7.98. The van der Waals surface area contributed by atoms with Crippen molar-refractivity contribution in [1.29, 1.82) is 0 Å². The summed E-state index contributed by atoms with van der Waals surface area (Å²) in [7, 11) is 1.45. The molecule has 4 atom stereocenters. The van der Waals surface area contributed by atoms with Gasteiger partial charge in [-0.05, 0) is 37.0 Å². The number of aromatic hydroxyl groups is 1. The number of carbonyl (C=O) groups excluding carboxylic acids is 1. The van der Waals surface area contributed by atoms with Gasteiger partial charge in [-0.3, -0.25) is 4.79 Å². The fraction of sp³-hybridized carbons (Fsp3) is 0.533. The quantitative estimate of drug-likeness (QED) is 0.797. The lowest BCUT2D eigenvalue weighted by Gasteiger charge is -2.36. The smallest absolute Gasteiger partial charge is 0.309 e. The molecule has 0 radical (unpaired) electrons. The predicted molar refractivity (Wildman–Crippen MR) is 70.9 cm³/mol. The van der Waals surface area contributed by atoms with E-state index in [-0.39, 0.29) is 23.6 Å². The minimum absolute atomic E-state index is 0.0956. The second kappa shape index (κ2) is 4.85. The average molecular weight is 261 g/mol. The van der Waals surface area contributed by atoms with Crippen molar-refractivity contribution in [3.05, 3.63) is 29.8 Å². The van der Waals surface area contributed by atoms with Gasteiger partial charge in [-0.15, -0.1) is 0 Å². The fourth-order valence-electron chi connectivity index (χ4n) is 3.64. The Hall–Kier alpha value is -1.55. The highest BCUT2D eigenvalue weighted by Gasteiger charge is 2.45. The topological polar surface area (TPSA) is 58.6 Å². The summed E-state index contributed by atoms with van der Waals surface area (Å²) in [5.74, 6) is 0.108. The largest absolute Gasteiger partial charge is 0.508 e. The number of phenols is 1. The Morgan fingerprint density at radius 3 is 3.00 bits per heavy atom. The molecule has 102 valence electrons. The summed E-state index contributed by atoms with van der Waals surface area (Å²) >= 11 is 0. The predicted octanol–water partition coefficient (Wildman–Crippen LogP) is 1.79. The molecule has 1 aromatic carbocycles. The van der Waals surface area contributed by atoms with Gasteiger partial charge in [0.15, 0.2) is 0 Å². The van der Waals surface area contributed by atoms with Crippen LogP contribution >= 0.6 is 0 Å². The van der Waals surface area contributed by atoms with Crippen molar-refractivity contribution >= 4 is 5.97 Å². The highest BCUT2D eigenvalue weighted by molar-refractivity contribution is 5.74. The molecular formula is C15H19NO3.